The van der Waals surface area contributed by atoms with E-state index in [4.69, 9.17) is 23.2 Å². The van der Waals surface area contributed by atoms with E-state index in [-0.39, 0.29) is 41.0 Å². The van der Waals surface area contributed by atoms with Gasteiger partial charge in [-0.2, -0.15) is 0 Å². The van der Waals surface area contributed by atoms with Crippen LogP contribution in [0.25, 0.3) is 0 Å². The second kappa shape index (κ2) is 9.71. The molecular weight excluding hydrogens is 481 g/mol. The van der Waals surface area contributed by atoms with Gasteiger partial charge in [0.05, 0.1) is 34.8 Å². The summed E-state index contributed by atoms with van der Waals surface area (Å²) >= 11 is 12.3. The minimum Gasteiger partial charge on any atom is -0.330 e. The zero-order valence-corrected chi connectivity index (χ0v) is 20.2. The van der Waals surface area contributed by atoms with Gasteiger partial charge >= 0.3 is 0 Å². The van der Waals surface area contributed by atoms with Crippen molar-refractivity contribution in [3.05, 3.63) is 94.2 Å². The van der Waals surface area contributed by atoms with Crippen LogP contribution in [0, 0.1) is 0 Å². The van der Waals surface area contributed by atoms with Gasteiger partial charge in [-0.05, 0) is 36.6 Å². The molecule has 0 unspecified atom stereocenters. The molecule has 1 aliphatic rings. The number of rotatable bonds is 9. The quantitative estimate of drug-likeness (QED) is 0.378. The van der Waals surface area contributed by atoms with Crippen LogP contribution in [0.2, 0.25) is 10.0 Å². The summed E-state index contributed by atoms with van der Waals surface area (Å²) in [7, 11) is -3.70. The number of nitrogens with zero attached hydrogens (tertiary/aromatic N) is 3. The Morgan fingerprint density at radius 1 is 1.18 bits per heavy atom. The molecule has 172 valence electrons. The minimum atomic E-state index is -3.70. The van der Waals surface area contributed by atoms with Crippen molar-refractivity contribution in [2.24, 2.45) is 0 Å². The van der Waals surface area contributed by atoms with Crippen LogP contribution >= 0.6 is 23.2 Å². The highest BCUT2D eigenvalue weighted by Crippen LogP contribution is 2.32. The lowest BCUT2D eigenvalue weighted by molar-refractivity contribution is 0.0726. The molecule has 3 aromatic rings. The van der Waals surface area contributed by atoms with Gasteiger partial charge in [-0.3, -0.25) is 4.79 Å². The molecule has 1 heterocycles. The first kappa shape index (κ1) is 23.5. The molecule has 33 heavy (non-hydrogen) atoms. The van der Waals surface area contributed by atoms with Crippen molar-refractivity contribution in [3.63, 3.8) is 0 Å². The molecule has 4 rings (SSSR count). The second-order valence-corrected chi connectivity index (χ2v) is 10.7. The molecule has 0 atom stereocenters. The summed E-state index contributed by atoms with van der Waals surface area (Å²) in [6.07, 6.45) is 4.90. The molecule has 0 spiro atoms. The molecule has 1 aliphatic carbocycles. The van der Waals surface area contributed by atoms with Crippen molar-refractivity contribution < 1.29 is 13.2 Å². The Morgan fingerprint density at radius 3 is 2.55 bits per heavy atom. The van der Waals surface area contributed by atoms with Gasteiger partial charge < -0.3 is 9.47 Å². The Labute approximate surface area is 203 Å². The highest BCUT2D eigenvalue weighted by Gasteiger charge is 2.35. The molecule has 1 fully saturated rings. The molecule has 1 aromatic heterocycles. The third-order valence-electron chi connectivity index (χ3n) is 5.43. The van der Waals surface area contributed by atoms with E-state index in [9.17, 15) is 13.2 Å². The molecule has 1 amide bonds. The first-order valence-corrected chi connectivity index (χ1v) is 12.9. The minimum absolute atomic E-state index is 0.0334. The van der Waals surface area contributed by atoms with Crippen molar-refractivity contribution in [3.8, 4) is 0 Å². The molecule has 0 aliphatic heterocycles. The maximum absolute atomic E-state index is 13.3. The topological polar surface area (TPSA) is 72.3 Å². The summed E-state index contributed by atoms with van der Waals surface area (Å²) in [4.78, 5) is 19.3. The monoisotopic (exact) mass is 503 g/mol. The van der Waals surface area contributed by atoms with E-state index < -0.39 is 9.84 Å². The Morgan fingerprint density at radius 2 is 1.91 bits per heavy atom. The van der Waals surface area contributed by atoms with Gasteiger partial charge in [0.2, 0.25) is 15.0 Å². The fourth-order valence-corrected chi connectivity index (χ4v) is 5.68. The zero-order chi connectivity index (χ0) is 23.6. The Kier molecular flexibility index (Phi) is 6.93. The maximum Gasteiger partial charge on any atom is 0.255 e. The Hall–Kier alpha value is -2.61. The second-order valence-electron chi connectivity index (χ2n) is 7.96. The van der Waals surface area contributed by atoms with E-state index >= 15 is 0 Å². The van der Waals surface area contributed by atoms with Crippen LogP contribution < -0.4 is 0 Å². The number of carbonyl (C=O) groups is 1. The molecule has 6 nitrogen and oxygen atoms in total. The number of aromatic nitrogens is 2. The van der Waals surface area contributed by atoms with Gasteiger partial charge in [0.15, 0.2) is 0 Å². The number of hydrogen-bond acceptors (Lipinski definition) is 4. The maximum atomic E-state index is 13.3. The standard InChI is InChI=1S/C24H23Cl2N3O3S/c1-2-12-28-20(14-27-24(28)33(31,32)16-17-6-4-3-5-7-17)15-29(19-9-10-19)23(30)21-11-8-18(25)13-22(21)26/h2-8,11,13-14,19H,1,9-10,12,15-16H2. The fraction of sp³-hybridized carbons (Fsp3) is 0.250. The number of imidazole rings is 1. The number of hydrogen-bond donors (Lipinski definition) is 0. The first-order chi connectivity index (χ1) is 15.8. The Balaban J connectivity index is 1.65. The zero-order valence-electron chi connectivity index (χ0n) is 17.8. The summed E-state index contributed by atoms with van der Waals surface area (Å²) in [5.41, 5.74) is 1.66. The third kappa shape index (κ3) is 5.32. The van der Waals surface area contributed by atoms with Crippen LogP contribution in [-0.2, 0) is 28.7 Å². The smallest absolute Gasteiger partial charge is 0.255 e. The summed E-state index contributed by atoms with van der Waals surface area (Å²) < 4.78 is 27.9. The molecule has 9 heteroatoms. The molecule has 1 saturated carbocycles. The third-order valence-corrected chi connectivity index (χ3v) is 7.58. The van der Waals surface area contributed by atoms with Crippen LogP contribution in [0.4, 0.5) is 0 Å². The van der Waals surface area contributed by atoms with Crippen LogP contribution in [0.1, 0.15) is 34.5 Å². The molecule has 0 bridgehead atoms. The summed E-state index contributed by atoms with van der Waals surface area (Å²) in [5, 5.41) is 0.699. The molecule has 2 aromatic carbocycles. The van der Waals surface area contributed by atoms with Gasteiger partial charge in [0.1, 0.15) is 0 Å². The molecular formula is C24H23Cl2N3O3S. The fourth-order valence-electron chi connectivity index (χ4n) is 3.69. The summed E-state index contributed by atoms with van der Waals surface area (Å²) in [6, 6.07) is 13.8. The molecule has 0 N–H and O–H groups in total. The SMILES string of the molecule is C=CCn1c(CN(C(=O)c2ccc(Cl)cc2Cl)C2CC2)cnc1S(=O)(=O)Cc1ccccc1. The number of halogens is 2. The van der Waals surface area contributed by atoms with Gasteiger partial charge in [-0.1, -0.05) is 59.6 Å². The van der Waals surface area contributed by atoms with Gasteiger partial charge in [0, 0.05) is 17.6 Å². The van der Waals surface area contributed by atoms with Crippen LogP contribution in [0.3, 0.4) is 0 Å². The van der Waals surface area contributed by atoms with Crippen LogP contribution in [0.5, 0.6) is 0 Å². The van der Waals surface area contributed by atoms with Gasteiger partial charge in [-0.15, -0.1) is 6.58 Å². The largest absolute Gasteiger partial charge is 0.330 e. The average Bonchev–Trinajstić information content (AvgIpc) is 3.53. The molecule has 0 radical (unpaired) electrons. The van der Waals surface area contributed by atoms with E-state index in [1.165, 1.54) is 12.3 Å². The van der Waals surface area contributed by atoms with E-state index in [0.29, 0.717) is 21.8 Å². The number of allylic oxidation sites excluding steroid dienone is 1. The van der Waals surface area contributed by atoms with Crippen molar-refractivity contribution in [1.82, 2.24) is 14.5 Å². The average molecular weight is 504 g/mol. The van der Waals surface area contributed by atoms with E-state index in [2.05, 4.69) is 11.6 Å². The number of carbonyl (C=O) groups excluding carboxylic acids is 1. The lowest BCUT2D eigenvalue weighted by Gasteiger charge is -2.24. The van der Waals surface area contributed by atoms with Gasteiger partial charge in [-0.25, -0.2) is 13.4 Å². The summed E-state index contributed by atoms with van der Waals surface area (Å²) in [5.74, 6) is -0.383. The van der Waals surface area contributed by atoms with Crippen LogP contribution in [0.15, 0.2) is 72.5 Å². The van der Waals surface area contributed by atoms with E-state index in [1.807, 2.05) is 6.07 Å². The van der Waals surface area contributed by atoms with Crippen LogP contribution in [-0.4, -0.2) is 34.8 Å². The van der Waals surface area contributed by atoms with Crippen molar-refractivity contribution >= 4 is 38.9 Å². The highest BCUT2D eigenvalue weighted by atomic mass is 35.5. The molecule has 0 saturated heterocycles. The van der Waals surface area contributed by atoms with Gasteiger partial charge in [0.25, 0.3) is 5.91 Å². The lowest BCUT2D eigenvalue weighted by atomic mass is 10.2. The lowest BCUT2D eigenvalue weighted by Crippen LogP contribution is -2.33. The predicted molar refractivity (Wildman–Crippen MR) is 129 cm³/mol. The first-order valence-electron chi connectivity index (χ1n) is 10.5. The summed E-state index contributed by atoms with van der Waals surface area (Å²) in [6.45, 7) is 4.23. The van der Waals surface area contributed by atoms with E-state index in [0.717, 1.165) is 12.8 Å². The Bertz CT molecular complexity index is 1290. The normalized spacial score (nSPS) is 13.6. The van der Waals surface area contributed by atoms with Crippen molar-refractivity contribution in [2.45, 2.75) is 42.9 Å². The van der Waals surface area contributed by atoms with Crippen molar-refractivity contribution in [1.29, 1.82) is 0 Å². The van der Waals surface area contributed by atoms with E-state index in [1.54, 1.807) is 51.9 Å². The predicted octanol–water partition coefficient (Wildman–Crippen LogP) is 5.15. The number of benzene rings is 2. The number of amides is 1. The van der Waals surface area contributed by atoms with Crippen molar-refractivity contribution in [2.75, 3.05) is 0 Å². The number of sulfone groups is 1. The highest BCUT2D eigenvalue weighted by molar-refractivity contribution is 7.90.